The van der Waals surface area contributed by atoms with Crippen LogP contribution in [0.5, 0.6) is 5.88 Å². The highest BCUT2D eigenvalue weighted by Crippen LogP contribution is 2.38. The summed E-state index contributed by atoms with van der Waals surface area (Å²) in [5.41, 5.74) is 0.407. The zero-order chi connectivity index (χ0) is 16.6. The van der Waals surface area contributed by atoms with Crippen LogP contribution >= 0.6 is 23.2 Å². The van der Waals surface area contributed by atoms with Gasteiger partial charge in [-0.25, -0.2) is 4.98 Å². The van der Waals surface area contributed by atoms with E-state index in [0.29, 0.717) is 15.9 Å². The van der Waals surface area contributed by atoms with E-state index in [1.54, 1.807) is 0 Å². The first kappa shape index (κ1) is 15.2. The smallest absolute Gasteiger partial charge is 0.270 e. The predicted octanol–water partition coefficient (Wildman–Crippen LogP) is 4.90. The minimum Gasteiger partial charge on any atom is -0.493 e. The minimum atomic E-state index is -0.540. The topological polar surface area (TPSA) is 117 Å². The van der Waals surface area contributed by atoms with Gasteiger partial charge in [0.25, 0.3) is 5.69 Å². The summed E-state index contributed by atoms with van der Waals surface area (Å²) in [6.07, 6.45) is 1.35. The molecule has 23 heavy (non-hydrogen) atoms. The Kier molecular flexibility index (Phi) is 3.85. The molecular weight excluding hydrogens is 345 g/mol. The van der Waals surface area contributed by atoms with Crippen LogP contribution in [-0.2, 0) is 0 Å². The van der Waals surface area contributed by atoms with E-state index in [0.717, 1.165) is 0 Å². The monoisotopic (exact) mass is 351 g/mol. The number of halogens is 2. The maximum atomic E-state index is 10.9. The summed E-state index contributed by atoms with van der Waals surface area (Å²) < 4.78 is 0. The maximum Gasteiger partial charge on any atom is 0.270 e. The van der Waals surface area contributed by atoms with Gasteiger partial charge in [0.05, 0.1) is 20.5 Å². The molecule has 8 nitrogen and oxygen atoms in total. The normalized spacial score (nSPS) is 11.4. The van der Waals surface area contributed by atoms with Crippen molar-refractivity contribution in [3.05, 3.63) is 50.6 Å². The number of aromatic nitrogens is 2. The van der Waals surface area contributed by atoms with Gasteiger partial charge < -0.3 is 10.1 Å². The van der Waals surface area contributed by atoms with E-state index < -0.39 is 4.92 Å². The Morgan fingerprint density at radius 2 is 2.04 bits per heavy atom. The van der Waals surface area contributed by atoms with Crippen LogP contribution in [0.1, 0.15) is 0 Å². The van der Waals surface area contributed by atoms with E-state index in [4.69, 9.17) is 23.2 Å². The largest absolute Gasteiger partial charge is 0.493 e. The van der Waals surface area contributed by atoms with Crippen molar-refractivity contribution in [3.8, 4) is 5.88 Å². The van der Waals surface area contributed by atoms with Crippen LogP contribution in [0, 0.1) is 10.1 Å². The van der Waals surface area contributed by atoms with E-state index >= 15 is 0 Å². The molecule has 10 heteroatoms. The highest BCUT2D eigenvalue weighted by atomic mass is 35.5. The number of aromatic amines is 1. The van der Waals surface area contributed by atoms with Crippen molar-refractivity contribution < 1.29 is 10.0 Å². The number of H-pyrrole nitrogens is 1. The van der Waals surface area contributed by atoms with Crippen molar-refractivity contribution in [2.75, 3.05) is 0 Å². The number of nitro benzene ring substituents is 1. The Hall–Kier alpha value is -2.71. The molecule has 116 valence electrons. The summed E-state index contributed by atoms with van der Waals surface area (Å²) in [6.45, 7) is 0. The van der Waals surface area contributed by atoms with Crippen molar-refractivity contribution in [1.82, 2.24) is 9.97 Å². The van der Waals surface area contributed by atoms with Crippen molar-refractivity contribution in [1.29, 1.82) is 0 Å². The first-order valence-corrected chi connectivity index (χ1v) is 6.93. The second kappa shape index (κ2) is 5.82. The number of nitro groups is 1. The molecule has 0 atom stereocenters. The molecule has 0 spiro atoms. The molecule has 0 bridgehead atoms. The van der Waals surface area contributed by atoms with Crippen LogP contribution in [0.25, 0.3) is 10.9 Å². The number of fused-ring (bicyclic) bond motifs is 1. The number of rotatable bonds is 3. The van der Waals surface area contributed by atoms with Crippen LogP contribution < -0.4 is 0 Å². The number of azo groups is 1. The second-order valence-corrected chi connectivity index (χ2v) is 5.31. The number of hydrogen-bond donors (Lipinski definition) is 2. The number of benzene rings is 1. The van der Waals surface area contributed by atoms with Gasteiger partial charge in [-0.05, 0) is 12.1 Å². The molecule has 0 aliphatic carbocycles. The van der Waals surface area contributed by atoms with E-state index in [9.17, 15) is 15.2 Å². The van der Waals surface area contributed by atoms with Gasteiger partial charge in [-0.2, -0.15) is 0 Å². The zero-order valence-electron chi connectivity index (χ0n) is 11.2. The summed E-state index contributed by atoms with van der Waals surface area (Å²) >= 11 is 11.7. The fourth-order valence-corrected chi connectivity index (χ4v) is 2.36. The standard InChI is InChI=1S/C13H7Cl2N5O3/c14-6-3-9(15)12(16-5-6)19-18-11-8-4-7(20(22)23)1-2-10(8)17-13(11)21/h1-5,17,21H. The van der Waals surface area contributed by atoms with Gasteiger partial charge in [-0.1, -0.05) is 23.2 Å². The maximum absolute atomic E-state index is 10.9. The van der Waals surface area contributed by atoms with Gasteiger partial charge >= 0.3 is 0 Å². The summed E-state index contributed by atoms with van der Waals surface area (Å²) in [5.74, 6) is -0.162. The van der Waals surface area contributed by atoms with E-state index in [1.807, 2.05) is 0 Å². The fourth-order valence-electron chi connectivity index (χ4n) is 1.94. The van der Waals surface area contributed by atoms with Gasteiger partial charge in [0.15, 0.2) is 11.5 Å². The van der Waals surface area contributed by atoms with Gasteiger partial charge in [-0.3, -0.25) is 10.1 Å². The molecule has 2 N–H and O–H groups in total. The number of aromatic hydroxyl groups is 1. The van der Waals surface area contributed by atoms with Crippen molar-refractivity contribution >= 4 is 51.3 Å². The molecular formula is C13H7Cl2N5O3. The predicted molar refractivity (Wildman–Crippen MR) is 85.1 cm³/mol. The van der Waals surface area contributed by atoms with Crippen LogP contribution in [-0.4, -0.2) is 20.0 Å². The molecule has 0 aliphatic rings. The summed E-state index contributed by atoms with van der Waals surface area (Å²) in [6, 6.07) is 5.53. The average Bonchev–Trinajstić information content (AvgIpc) is 2.81. The molecule has 0 fully saturated rings. The lowest BCUT2D eigenvalue weighted by Crippen LogP contribution is -1.86. The van der Waals surface area contributed by atoms with Gasteiger partial charge in [-0.15, -0.1) is 10.2 Å². The average molecular weight is 352 g/mol. The highest BCUT2D eigenvalue weighted by molar-refractivity contribution is 6.35. The van der Waals surface area contributed by atoms with Crippen molar-refractivity contribution in [3.63, 3.8) is 0 Å². The van der Waals surface area contributed by atoms with E-state index in [-0.39, 0.29) is 28.1 Å². The molecule has 3 rings (SSSR count). The lowest BCUT2D eigenvalue weighted by Gasteiger charge is -1.96. The fraction of sp³-hybridized carbons (Fsp3) is 0. The number of hydrogen-bond acceptors (Lipinski definition) is 6. The van der Waals surface area contributed by atoms with E-state index in [2.05, 4.69) is 20.2 Å². The van der Waals surface area contributed by atoms with Crippen molar-refractivity contribution in [2.45, 2.75) is 0 Å². The zero-order valence-corrected chi connectivity index (χ0v) is 12.7. The SMILES string of the molecule is O=[N+]([O-])c1ccc2[nH]c(O)c(N=Nc3ncc(Cl)cc3Cl)c2c1. The molecule has 0 saturated heterocycles. The first-order chi connectivity index (χ1) is 11.0. The van der Waals surface area contributed by atoms with Crippen LogP contribution in [0.4, 0.5) is 17.2 Å². The minimum absolute atomic E-state index is 0.0523. The molecule has 0 aliphatic heterocycles. The van der Waals surface area contributed by atoms with Crippen LogP contribution in [0.15, 0.2) is 40.7 Å². The molecule has 0 saturated carbocycles. The summed E-state index contributed by atoms with van der Waals surface area (Å²) in [7, 11) is 0. The number of pyridine rings is 1. The number of non-ortho nitro benzene ring substituents is 1. The number of nitrogens with one attached hydrogen (secondary N) is 1. The van der Waals surface area contributed by atoms with Gasteiger partial charge in [0.2, 0.25) is 5.88 Å². The summed E-state index contributed by atoms with van der Waals surface area (Å²) in [5, 5.41) is 29.4. The third-order valence-electron chi connectivity index (χ3n) is 2.98. The molecule has 2 aromatic heterocycles. The van der Waals surface area contributed by atoms with E-state index in [1.165, 1.54) is 30.5 Å². The van der Waals surface area contributed by atoms with Crippen molar-refractivity contribution in [2.24, 2.45) is 10.2 Å². The molecule has 2 heterocycles. The summed E-state index contributed by atoms with van der Waals surface area (Å²) in [4.78, 5) is 16.9. The van der Waals surface area contributed by atoms with Crippen LogP contribution in [0.3, 0.4) is 0 Å². The molecule has 1 aromatic carbocycles. The Morgan fingerprint density at radius 3 is 2.74 bits per heavy atom. The Morgan fingerprint density at radius 1 is 1.26 bits per heavy atom. The Labute approximate surface area is 138 Å². The Balaban J connectivity index is 2.08. The first-order valence-electron chi connectivity index (χ1n) is 6.17. The number of nitrogens with zero attached hydrogens (tertiary/aromatic N) is 4. The molecule has 3 aromatic rings. The highest BCUT2D eigenvalue weighted by Gasteiger charge is 2.15. The Bertz CT molecular complexity index is 954. The van der Waals surface area contributed by atoms with Gasteiger partial charge in [0, 0.05) is 23.7 Å². The molecule has 0 radical (unpaired) electrons. The van der Waals surface area contributed by atoms with Crippen LogP contribution in [0.2, 0.25) is 10.0 Å². The quantitative estimate of drug-likeness (QED) is 0.396. The molecule has 0 unspecified atom stereocenters. The molecule has 0 amide bonds. The third kappa shape index (κ3) is 2.94. The lowest BCUT2D eigenvalue weighted by molar-refractivity contribution is -0.384. The third-order valence-corrected chi connectivity index (χ3v) is 3.46. The second-order valence-electron chi connectivity index (χ2n) is 4.47. The lowest BCUT2D eigenvalue weighted by atomic mass is 10.2. The van der Waals surface area contributed by atoms with Gasteiger partial charge in [0.1, 0.15) is 0 Å².